The Morgan fingerprint density at radius 2 is 1.94 bits per heavy atom. The monoisotopic (exact) mass is 456 g/mol. The summed E-state index contributed by atoms with van der Waals surface area (Å²) in [4.78, 5) is 19.7. The van der Waals surface area contributed by atoms with Gasteiger partial charge in [-0.05, 0) is 49.2 Å². The van der Waals surface area contributed by atoms with Gasteiger partial charge in [0.15, 0.2) is 0 Å². The fourth-order valence-electron chi connectivity index (χ4n) is 3.52. The second-order valence-corrected chi connectivity index (χ2v) is 8.11. The molecule has 1 unspecified atom stereocenters. The van der Waals surface area contributed by atoms with Crippen LogP contribution in [0.3, 0.4) is 0 Å². The predicted molar refractivity (Wildman–Crippen MR) is 117 cm³/mol. The van der Waals surface area contributed by atoms with Crippen molar-refractivity contribution in [3.05, 3.63) is 88.1 Å². The van der Waals surface area contributed by atoms with Crippen LogP contribution in [0.4, 0.5) is 0 Å². The zero-order valence-corrected chi connectivity index (χ0v) is 17.8. The molecule has 0 radical (unpaired) electrons. The summed E-state index contributed by atoms with van der Waals surface area (Å²) in [5.74, 6) is -0.982. The Morgan fingerprint density at radius 3 is 2.65 bits per heavy atom. The third kappa shape index (κ3) is 4.69. The lowest BCUT2D eigenvalue weighted by Gasteiger charge is -2.29. The number of pyridine rings is 1. The smallest absolute Gasteiger partial charge is 0.335 e. The lowest BCUT2D eigenvalue weighted by molar-refractivity contribution is 0.00637. The summed E-state index contributed by atoms with van der Waals surface area (Å²) in [6.45, 7) is 0.157. The number of aromatic nitrogens is 4. The Morgan fingerprint density at radius 1 is 1.10 bits per heavy atom. The number of carbonyl (C=O) groups is 1. The molecule has 158 valence electrons. The van der Waals surface area contributed by atoms with Gasteiger partial charge in [0.05, 0.1) is 17.6 Å². The second-order valence-electron chi connectivity index (χ2n) is 7.26. The molecule has 9 heteroatoms. The van der Waals surface area contributed by atoms with Gasteiger partial charge in [-0.1, -0.05) is 35.3 Å². The first kappa shape index (κ1) is 21.2. The number of nitrogens with zero attached hydrogens (tertiary/aromatic N) is 4. The van der Waals surface area contributed by atoms with Gasteiger partial charge in [-0.2, -0.15) is 5.10 Å². The van der Waals surface area contributed by atoms with Gasteiger partial charge >= 0.3 is 5.97 Å². The molecular weight excluding hydrogens is 439 g/mol. The Labute approximate surface area is 187 Å². The van der Waals surface area contributed by atoms with Crippen molar-refractivity contribution in [3.63, 3.8) is 0 Å². The predicted octanol–water partition coefficient (Wildman–Crippen LogP) is 4.35. The van der Waals surface area contributed by atoms with E-state index in [-0.39, 0.29) is 12.1 Å². The van der Waals surface area contributed by atoms with Gasteiger partial charge in [0, 0.05) is 26.7 Å². The average molecular weight is 457 g/mol. The standard InChI is InChI=1S/C22H18Cl2N4O3/c23-16-3-5-18(19(24)10-16)22(31,11-28-13-25-12-26-28)8-7-17-4-1-14-9-15(21(29)30)2-6-20(14)27-17/h1-6,9-10,12-13,31H,7-8,11H2,(H,29,30). The molecule has 2 heterocycles. The van der Waals surface area contributed by atoms with Crippen LogP contribution in [0.15, 0.2) is 61.2 Å². The topological polar surface area (TPSA) is 101 Å². The third-order valence-electron chi connectivity index (χ3n) is 5.11. The average Bonchev–Trinajstić information content (AvgIpc) is 3.24. The van der Waals surface area contributed by atoms with Crippen molar-refractivity contribution in [1.29, 1.82) is 0 Å². The highest BCUT2D eigenvalue weighted by atomic mass is 35.5. The number of rotatable bonds is 7. The summed E-state index contributed by atoms with van der Waals surface area (Å²) in [7, 11) is 0. The molecule has 2 aromatic heterocycles. The molecular formula is C22H18Cl2N4O3. The van der Waals surface area contributed by atoms with E-state index in [2.05, 4.69) is 15.1 Å². The summed E-state index contributed by atoms with van der Waals surface area (Å²) >= 11 is 12.4. The molecule has 0 aliphatic rings. The number of halogens is 2. The summed E-state index contributed by atoms with van der Waals surface area (Å²) in [5.41, 5.74) is 0.867. The summed E-state index contributed by atoms with van der Waals surface area (Å²) in [6, 6.07) is 13.4. The van der Waals surface area contributed by atoms with Crippen LogP contribution in [0.5, 0.6) is 0 Å². The van der Waals surface area contributed by atoms with Crippen molar-refractivity contribution in [2.75, 3.05) is 0 Å². The number of fused-ring (bicyclic) bond motifs is 1. The molecule has 4 aromatic rings. The third-order valence-corrected chi connectivity index (χ3v) is 5.66. The number of aryl methyl sites for hydroxylation is 1. The van der Waals surface area contributed by atoms with E-state index in [1.54, 1.807) is 35.0 Å². The highest BCUT2D eigenvalue weighted by molar-refractivity contribution is 6.35. The van der Waals surface area contributed by atoms with E-state index in [1.807, 2.05) is 12.1 Å². The van der Waals surface area contributed by atoms with Gasteiger partial charge in [-0.25, -0.2) is 14.5 Å². The van der Waals surface area contributed by atoms with E-state index < -0.39 is 11.6 Å². The molecule has 7 nitrogen and oxygen atoms in total. The van der Waals surface area contributed by atoms with E-state index in [4.69, 9.17) is 28.3 Å². The van der Waals surface area contributed by atoms with Crippen LogP contribution in [-0.4, -0.2) is 35.9 Å². The van der Waals surface area contributed by atoms with Gasteiger partial charge in [0.25, 0.3) is 0 Å². The van der Waals surface area contributed by atoms with Crippen molar-refractivity contribution in [3.8, 4) is 0 Å². The quantitative estimate of drug-likeness (QED) is 0.428. The van der Waals surface area contributed by atoms with E-state index in [0.29, 0.717) is 34.0 Å². The van der Waals surface area contributed by atoms with E-state index in [0.717, 1.165) is 11.1 Å². The maximum Gasteiger partial charge on any atom is 0.335 e. The number of aliphatic hydroxyl groups is 1. The molecule has 0 aliphatic heterocycles. The van der Waals surface area contributed by atoms with E-state index in [9.17, 15) is 9.90 Å². The number of aromatic carboxylic acids is 1. The van der Waals surface area contributed by atoms with Crippen LogP contribution in [0, 0.1) is 0 Å². The van der Waals surface area contributed by atoms with Gasteiger partial charge < -0.3 is 10.2 Å². The molecule has 2 aromatic carbocycles. The lowest BCUT2D eigenvalue weighted by Crippen LogP contribution is -2.33. The molecule has 0 saturated heterocycles. The summed E-state index contributed by atoms with van der Waals surface area (Å²) < 4.78 is 1.55. The number of hydrogen-bond acceptors (Lipinski definition) is 5. The van der Waals surface area contributed by atoms with Gasteiger partial charge in [-0.3, -0.25) is 4.98 Å². The lowest BCUT2D eigenvalue weighted by atomic mass is 9.88. The zero-order valence-electron chi connectivity index (χ0n) is 16.2. The number of carboxylic acids is 1. The van der Waals surface area contributed by atoms with Crippen LogP contribution in [0.25, 0.3) is 10.9 Å². The Hall–Kier alpha value is -3.00. The second kappa shape index (κ2) is 8.63. The van der Waals surface area contributed by atoms with Crippen molar-refractivity contribution >= 4 is 40.1 Å². The molecule has 0 aliphatic carbocycles. The minimum absolute atomic E-state index is 0.157. The normalized spacial score (nSPS) is 13.3. The zero-order chi connectivity index (χ0) is 22.0. The van der Waals surface area contributed by atoms with Crippen LogP contribution < -0.4 is 0 Å². The summed E-state index contributed by atoms with van der Waals surface area (Å²) in [6.07, 6.45) is 3.71. The molecule has 1 atom stereocenters. The van der Waals surface area contributed by atoms with Crippen molar-refractivity contribution < 1.29 is 15.0 Å². The SMILES string of the molecule is O=C(O)c1ccc2nc(CCC(O)(Cn3cncn3)c3ccc(Cl)cc3Cl)ccc2c1. The fraction of sp³-hybridized carbons (Fsp3) is 0.182. The molecule has 0 saturated carbocycles. The minimum Gasteiger partial charge on any atom is -0.478 e. The number of carboxylic acid groups (broad SMARTS) is 1. The maximum absolute atomic E-state index is 11.6. The Kier molecular flexibility index (Phi) is 5.91. The van der Waals surface area contributed by atoms with Crippen molar-refractivity contribution in [2.24, 2.45) is 0 Å². The van der Waals surface area contributed by atoms with Crippen LogP contribution in [0.1, 0.15) is 28.0 Å². The highest BCUT2D eigenvalue weighted by Crippen LogP contribution is 2.35. The molecule has 2 N–H and O–H groups in total. The van der Waals surface area contributed by atoms with Crippen LogP contribution in [-0.2, 0) is 18.6 Å². The Bertz CT molecular complexity index is 1250. The van der Waals surface area contributed by atoms with E-state index in [1.165, 1.54) is 18.7 Å². The van der Waals surface area contributed by atoms with E-state index >= 15 is 0 Å². The first-order chi connectivity index (χ1) is 14.8. The largest absolute Gasteiger partial charge is 0.478 e. The van der Waals surface area contributed by atoms with Crippen LogP contribution in [0.2, 0.25) is 10.0 Å². The first-order valence-corrected chi connectivity index (χ1v) is 10.2. The minimum atomic E-state index is -1.33. The number of benzene rings is 2. The Balaban J connectivity index is 1.62. The number of hydrogen-bond donors (Lipinski definition) is 2. The molecule has 0 bridgehead atoms. The van der Waals surface area contributed by atoms with Gasteiger partial charge in [0.2, 0.25) is 0 Å². The van der Waals surface area contributed by atoms with Gasteiger partial charge in [-0.15, -0.1) is 0 Å². The molecule has 31 heavy (non-hydrogen) atoms. The summed E-state index contributed by atoms with van der Waals surface area (Å²) in [5, 5.41) is 26.4. The molecule has 4 rings (SSSR count). The van der Waals surface area contributed by atoms with Crippen LogP contribution >= 0.6 is 23.2 Å². The maximum atomic E-state index is 11.6. The first-order valence-electron chi connectivity index (χ1n) is 9.47. The molecule has 0 spiro atoms. The molecule has 0 fully saturated rings. The fourth-order valence-corrected chi connectivity index (χ4v) is 4.11. The van der Waals surface area contributed by atoms with Gasteiger partial charge in [0.1, 0.15) is 18.3 Å². The molecule has 0 amide bonds. The van der Waals surface area contributed by atoms with Crippen molar-refractivity contribution in [2.45, 2.75) is 25.0 Å². The van der Waals surface area contributed by atoms with Crippen molar-refractivity contribution in [1.82, 2.24) is 19.7 Å². The highest BCUT2D eigenvalue weighted by Gasteiger charge is 2.32.